The third-order valence-electron chi connectivity index (χ3n) is 19.4. The van der Waals surface area contributed by atoms with Gasteiger partial charge in [-0.25, -0.2) is 0 Å². The van der Waals surface area contributed by atoms with Crippen LogP contribution in [0.4, 0.5) is 0 Å². The summed E-state index contributed by atoms with van der Waals surface area (Å²) in [5.74, 6) is -0.206. The lowest BCUT2D eigenvalue weighted by atomic mass is 9.97. The van der Waals surface area contributed by atoms with Gasteiger partial charge in [0.15, 0.2) is 12.6 Å². The van der Waals surface area contributed by atoms with E-state index in [1.807, 2.05) is 0 Å². The van der Waals surface area contributed by atoms with Gasteiger partial charge in [-0.1, -0.05) is 349 Å². The smallest absolute Gasteiger partial charge is 0.220 e. The first-order valence-corrected chi connectivity index (χ1v) is 40.3. The van der Waals surface area contributed by atoms with E-state index in [0.717, 1.165) is 103 Å². The van der Waals surface area contributed by atoms with Crippen LogP contribution in [0, 0.1) is 0 Å². The maximum absolute atomic E-state index is 13.4. The predicted molar refractivity (Wildman–Crippen MR) is 401 cm³/mol. The van der Waals surface area contributed by atoms with Crippen molar-refractivity contribution < 1.29 is 64.6 Å². The van der Waals surface area contributed by atoms with Gasteiger partial charge in [-0.2, -0.15) is 0 Å². The zero-order valence-electron chi connectivity index (χ0n) is 61.8. The number of aliphatic hydroxyl groups is 8. The summed E-state index contributed by atoms with van der Waals surface area (Å²) in [6, 6.07) is -0.836. The Hall–Kier alpha value is -2.83. The molecule has 12 unspecified atom stereocenters. The Balaban J connectivity index is 1.61. The number of hydrogen-bond acceptors (Lipinski definition) is 13. The van der Waals surface area contributed by atoms with Gasteiger partial charge >= 0.3 is 0 Å². The molecule has 564 valence electrons. The lowest BCUT2D eigenvalue weighted by molar-refractivity contribution is -0.359. The van der Waals surface area contributed by atoms with Crippen LogP contribution in [0.2, 0.25) is 0 Å². The number of nitrogens with one attached hydrogen (secondary N) is 1. The van der Waals surface area contributed by atoms with Gasteiger partial charge in [0.2, 0.25) is 5.91 Å². The highest BCUT2D eigenvalue weighted by Gasteiger charge is 2.51. The molecule has 0 spiro atoms. The molecule has 0 bridgehead atoms. The van der Waals surface area contributed by atoms with Crippen molar-refractivity contribution in [2.45, 2.75) is 415 Å². The molecule has 2 aliphatic rings. The molecule has 12 atom stereocenters. The summed E-state index contributed by atoms with van der Waals surface area (Å²) in [6.07, 6.45) is 76.1. The van der Waals surface area contributed by atoms with Crippen molar-refractivity contribution in [1.82, 2.24) is 5.32 Å². The van der Waals surface area contributed by atoms with Crippen LogP contribution >= 0.6 is 0 Å². The molecule has 1 amide bonds. The van der Waals surface area contributed by atoms with Crippen LogP contribution in [0.3, 0.4) is 0 Å². The quantitative estimate of drug-likeness (QED) is 0.0204. The van der Waals surface area contributed by atoms with Crippen LogP contribution in [0.15, 0.2) is 85.1 Å². The van der Waals surface area contributed by atoms with Crippen molar-refractivity contribution >= 4 is 5.91 Å². The van der Waals surface area contributed by atoms with E-state index in [0.29, 0.717) is 12.8 Å². The Kier molecular flexibility index (Phi) is 61.8. The standard InChI is InChI=1S/C83H149NO13/c1-3-5-7-9-11-13-15-17-19-21-23-25-27-29-31-33-34-35-36-37-38-39-41-43-45-47-49-51-53-55-57-59-61-63-65-67-75(88)84-71(70-94-82-80(93)78(91)81(74(69-86)96-82)97-83-79(92)77(90)76(89)73(68-85)95-83)72(87)66-64-62-60-58-56-54-52-50-48-46-44-42-40-32-30-28-26-24-22-20-18-16-14-12-10-8-6-4-2/h5,7,11,13,17,19,23,25,29,31,34-35,37-38,71-74,76-83,85-87,89-93H,3-4,6,8-10,12,14-16,18,20-22,24,26-28,30,32-33,36,39-70H2,1-2H3,(H,84,88)/b7-5-,13-11-,19-17-,25-23-,31-29-,35-34-,38-37-. The number of aliphatic hydroxyl groups excluding tert-OH is 8. The van der Waals surface area contributed by atoms with Crippen LogP contribution in [0.5, 0.6) is 0 Å². The second-order valence-corrected chi connectivity index (χ2v) is 28.2. The molecular weight excluding hydrogens is 1220 g/mol. The Morgan fingerprint density at radius 1 is 0.381 bits per heavy atom. The zero-order valence-corrected chi connectivity index (χ0v) is 61.8. The molecule has 2 rings (SSSR count). The number of amides is 1. The second kappa shape index (κ2) is 66.4. The number of unbranched alkanes of at least 4 members (excludes halogenated alkanes) is 40. The highest BCUT2D eigenvalue weighted by Crippen LogP contribution is 2.30. The number of rotatable bonds is 67. The van der Waals surface area contributed by atoms with E-state index in [9.17, 15) is 45.6 Å². The molecule has 0 aliphatic carbocycles. The molecule has 2 heterocycles. The van der Waals surface area contributed by atoms with Gasteiger partial charge < -0.3 is 65.1 Å². The third-order valence-corrected chi connectivity index (χ3v) is 19.4. The van der Waals surface area contributed by atoms with Gasteiger partial charge in [0.05, 0.1) is 32.0 Å². The largest absolute Gasteiger partial charge is 0.394 e. The molecule has 2 fully saturated rings. The minimum absolute atomic E-state index is 0.206. The number of carbonyl (C=O) groups is 1. The minimum Gasteiger partial charge on any atom is -0.394 e. The number of hydrogen-bond donors (Lipinski definition) is 9. The monoisotopic (exact) mass is 1370 g/mol. The summed E-state index contributed by atoms with van der Waals surface area (Å²) in [5.41, 5.74) is 0. The topological polar surface area (TPSA) is 228 Å². The summed E-state index contributed by atoms with van der Waals surface area (Å²) < 4.78 is 23.0. The van der Waals surface area contributed by atoms with Crippen molar-refractivity contribution in [1.29, 1.82) is 0 Å². The van der Waals surface area contributed by atoms with Crippen molar-refractivity contribution in [2.75, 3.05) is 19.8 Å². The summed E-state index contributed by atoms with van der Waals surface area (Å²) in [5, 5.41) is 87.9. The first-order valence-electron chi connectivity index (χ1n) is 40.3. The van der Waals surface area contributed by atoms with Crippen molar-refractivity contribution in [3.8, 4) is 0 Å². The van der Waals surface area contributed by atoms with Crippen LogP contribution < -0.4 is 5.32 Å². The number of carbonyl (C=O) groups excluding carboxylic acids is 1. The first kappa shape index (κ1) is 90.3. The highest BCUT2D eigenvalue weighted by molar-refractivity contribution is 5.76. The molecule has 2 saturated heterocycles. The normalized spacial score (nSPS) is 22.6. The fourth-order valence-corrected chi connectivity index (χ4v) is 13.0. The number of allylic oxidation sites excluding steroid dienone is 14. The molecule has 9 N–H and O–H groups in total. The van der Waals surface area contributed by atoms with Crippen molar-refractivity contribution in [3.05, 3.63) is 85.1 Å². The van der Waals surface area contributed by atoms with E-state index in [4.69, 9.17) is 18.9 Å². The molecule has 14 heteroatoms. The first-order chi connectivity index (χ1) is 47.6. The molecule has 97 heavy (non-hydrogen) atoms. The lowest BCUT2D eigenvalue weighted by Gasteiger charge is -2.46. The van der Waals surface area contributed by atoms with Gasteiger partial charge in [-0.05, 0) is 70.6 Å². The van der Waals surface area contributed by atoms with E-state index in [1.54, 1.807) is 0 Å². The third kappa shape index (κ3) is 49.4. The lowest BCUT2D eigenvalue weighted by Crippen LogP contribution is -2.65. The summed E-state index contributed by atoms with van der Waals surface area (Å²) in [7, 11) is 0. The maximum Gasteiger partial charge on any atom is 0.220 e. The molecular formula is C83H149NO13. The average Bonchev–Trinajstić information content (AvgIpc) is 0.793. The molecule has 0 radical (unpaired) electrons. The summed E-state index contributed by atoms with van der Waals surface area (Å²) in [6.45, 7) is 2.79. The molecule has 0 saturated carbocycles. The molecule has 0 aromatic heterocycles. The van der Waals surface area contributed by atoms with Crippen LogP contribution in [0.1, 0.15) is 341 Å². The Labute approximate surface area is 592 Å². The molecule has 2 aliphatic heterocycles. The van der Waals surface area contributed by atoms with Gasteiger partial charge in [0.1, 0.15) is 48.8 Å². The minimum atomic E-state index is -1.79. The molecule has 0 aromatic rings. The van der Waals surface area contributed by atoms with E-state index >= 15 is 0 Å². The maximum atomic E-state index is 13.4. The Morgan fingerprint density at radius 2 is 0.711 bits per heavy atom. The van der Waals surface area contributed by atoms with Gasteiger partial charge in [0, 0.05) is 6.42 Å². The fourth-order valence-electron chi connectivity index (χ4n) is 13.0. The summed E-state index contributed by atoms with van der Waals surface area (Å²) in [4.78, 5) is 13.4. The average molecular weight is 1370 g/mol. The van der Waals surface area contributed by atoms with Gasteiger partial charge in [-0.15, -0.1) is 0 Å². The van der Waals surface area contributed by atoms with E-state index < -0.39 is 86.8 Å². The van der Waals surface area contributed by atoms with E-state index in [2.05, 4.69) is 104 Å². The molecule has 14 nitrogen and oxygen atoms in total. The summed E-state index contributed by atoms with van der Waals surface area (Å²) >= 11 is 0. The predicted octanol–water partition coefficient (Wildman–Crippen LogP) is 18.3. The van der Waals surface area contributed by atoms with E-state index in [1.165, 1.54) is 212 Å². The SMILES string of the molecule is CC/C=C\C/C=C\C/C=C\C/C=C\C/C=C\C/C=C\C/C=C\CCCCCCCCCCCCCCCC(=O)NC(COC1OC(CO)C(OC2OC(CO)C(O)C(O)C2O)C(O)C1O)C(O)CCCCCCCCCCCCCCCCCCCCCCCCCCCCCC. The second-order valence-electron chi connectivity index (χ2n) is 28.2. The highest BCUT2D eigenvalue weighted by atomic mass is 16.7. The number of ether oxygens (including phenoxy) is 4. The van der Waals surface area contributed by atoms with Crippen LogP contribution in [-0.4, -0.2) is 140 Å². The van der Waals surface area contributed by atoms with Crippen LogP contribution in [0.25, 0.3) is 0 Å². The fraction of sp³-hybridized carbons (Fsp3) is 0.819. The van der Waals surface area contributed by atoms with Gasteiger partial charge in [0.25, 0.3) is 0 Å². The van der Waals surface area contributed by atoms with Crippen molar-refractivity contribution in [3.63, 3.8) is 0 Å². The Bertz CT molecular complexity index is 1950. The Morgan fingerprint density at radius 3 is 1.09 bits per heavy atom. The molecule has 0 aromatic carbocycles. The zero-order chi connectivity index (χ0) is 70.1. The van der Waals surface area contributed by atoms with Gasteiger partial charge in [-0.3, -0.25) is 4.79 Å². The van der Waals surface area contributed by atoms with Crippen LogP contribution in [-0.2, 0) is 23.7 Å². The van der Waals surface area contributed by atoms with Crippen molar-refractivity contribution in [2.24, 2.45) is 0 Å². The van der Waals surface area contributed by atoms with E-state index in [-0.39, 0.29) is 12.5 Å².